The Morgan fingerprint density at radius 1 is 1.43 bits per heavy atom. The van der Waals surface area contributed by atoms with Gasteiger partial charge in [-0.3, -0.25) is 4.79 Å². The smallest absolute Gasteiger partial charge is 0.230 e. The Bertz CT molecular complexity index is 588. The van der Waals surface area contributed by atoms with E-state index < -0.39 is 0 Å². The number of benzene rings is 1. The Morgan fingerprint density at radius 3 is 2.81 bits per heavy atom. The van der Waals surface area contributed by atoms with Crippen LogP contribution >= 0.6 is 11.8 Å². The second-order valence-electron chi connectivity index (χ2n) is 5.88. The van der Waals surface area contributed by atoms with Crippen LogP contribution in [0.1, 0.15) is 45.2 Å². The lowest BCUT2D eigenvalue weighted by molar-refractivity contribution is -0.120. The van der Waals surface area contributed by atoms with Crippen LogP contribution in [0, 0.1) is 0 Å². The fourth-order valence-corrected chi connectivity index (χ4v) is 2.69. The maximum absolute atomic E-state index is 12.0. The largest absolute Gasteiger partial charge is 0.351 e. The maximum Gasteiger partial charge on any atom is 0.230 e. The van der Waals surface area contributed by atoms with Gasteiger partial charge in [-0.1, -0.05) is 19.1 Å². The van der Waals surface area contributed by atoms with Gasteiger partial charge in [0.1, 0.15) is 5.82 Å². The Kier molecular flexibility index (Phi) is 4.93. The maximum atomic E-state index is 12.0. The lowest BCUT2D eigenvalue weighted by Crippen LogP contribution is -2.43. The highest BCUT2D eigenvalue weighted by Crippen LogP contribution is 2.27. The third-order valence-corrected chi connectivity index (χ3v) is 4.77. The van der Waals surface area contributed by atoms with Gasteiger partial charge in [0.25, 0.3) is 0 Å². The molecule has 114 valence electrons. The topological polar surface area (TPSA) is 57.8 Å². The fourth-order valence-electron chi connectivity index (χ4n) is 1.95. The number of para-hydroxylation sites is 2. The fraction of sp³-hybridized carbons (Fsp3) is 0.500. The number of thioether (sulfide) groups is 1. The van der Waals surface area contributed by atoms with Crippen LogP contribution in [0.5, 0.6) is 0 Å². The molecule has 1 atom stereocenters. The van der Waals surface area contributed by atoms with Crippen LogP contribution in [-0.2, 0) is 4.79 Å². The quantitative estimate of drug-likeness (QED) is 0.856. The molecule has 0 spiro atoms. The molecule has 2 N–H and O–H groups in total. The van der Waals surface area contributed by atoms with Crippen LogP contribution in [0.3, 0.4) is 0 Å². The molecule has 0 aliphatic carbocycles. The van der Waals surface area contributed by atoms with Crippen molar-refractivity contribution in [2.75, 3.05) is 5.75 Å². The average Bonchev–Trinajstić information content (AvgIpc) is 2.88. The van der Waals surface area contributed by atoms with Crippen LogP contribution in [0.25, 0.3) is 11.0 Å². The van der Waals surface area contributed by atoms with Crippen molar-refractivity contribution in [1.29, 1.82) is 0 Å². The van der Waals surface area contributed by atoms with E-state index >= 15 is 0 Å². The van der Waals surface area contributed by atoms with Crippen LogP contribution < -0.4 is 5.32 Å². The highest BCUT2D eigenvalue weighted by molar-refractivity contribution is 8.00. The standard InChI is InChI=1S/C16H23N3OS/c1-5-16(3,4)19-14(20)10-21-11(2)15-17-12-8-6-7-9-13(12)18-15/h6-9,11H,5,10H2,1-4H3,(H,17,18)(H,19,20). The third kappa shape index (κ3) is 4.24. The first-order chi connectivity index (χ1) is 9.91. The van der Waals surface area contributed by atoms with Crippen LogP contribution in [0.4, 0.5) is 0 Å². The van der Waals surface area contributed by atoms with Crippen molar-refractivity contribution in [3.05, 3.63) is 30.1 Å². The third-order valence-electron chi connectivity index (χ3n) is 3.62. The highest BCUT2D eigenvalue weighted by Gasteiger charge is 2.19. The number of aromatic amines is 1. The van der Waals surface area contributed by atoms with Gasteiger partial charge in [0.05, 0.1) is 22.0 Å². The van der Waals surface area contributed by atoms with E-state index in [0.29, 0.717) is 5.75 Å². The molecule has 21 heavy (non-hydrogen) atoms. The van der Waals surface area contributed by atoms with Crippen molar-refractivity contribution in [2.24, 2.45) is 0 Å². The summed E-state index contributed by atoms with van der Waals surface area (Å²) in [7, 11) is 0. The van der Waals surface area contributed by atoms with Gasteiger partial charge < -0.3 is 10.3 Å². The van der Waals surface area contributed by atoms with E-state index in [1.54, 1.807) is 11.8 Å². The molecule has 1 unspecified atom stereocenters. The van der Waals surface area contributed by atoms with E-state index in [9.17, 15) is 4.79 Å². The first-order valence-corrected chi connectivity index (χ1v) is 8.33. The molecule has 0 radical (unpaired) electrons. The van der Waals surface area contributed by atoms with Gasteiger partial charge in [-0.15, -0.1) is 11.8 Å². The monoisotopic (exact) mass is 305 g/mol. The van der Waals surface area contributed by atoms with Crippen LogP contribution in [-0.4, -0.2) is 27.2 Å². The van der Waals surface area contributed by atoms with Crippen LogP contribution in [0.2, 0.25) is 0 Å². The Balaban J connectivity index is 1.92. The van der Waals surface area contributed by atoms with Gasteiger partial charge >= 0.3 is 0 Å². The summed E-state index contributed by atoms with van der Waals surface area (Å²) in [5.41, 5.74) is 1.87. The molecule has 0 fully saturated rings. The van der Waals surface area contributed by atoms with Crippen molar-refractivity contribution in [3.8, 4) is 0 Å². The first-order valence-electron chi connectivity index (χ1n) is 7.28. The molecule has 0 bridgehead atoms. The summed E-state index contributed by atoms with van der Waals surface area (Å²) in [6.07, 6.45) is 0.919. The van der Waals surface area contributed by atoms with Gasteiger partial charge in [-0.2, -0.15) is 0 Å². The summed E-state index contributed by atoms with van der Waals surface area (Å²) in [5, 5.41) is 3.21. The summed E-state index contributed by atoms with van der Waals surface area (Å²) >= 11 is 1.60. The zero-order valence-corrected chi connectivity index (χ0v) is 13.9. The molecule has 5 heteroatoms. The number of hydrogen-bond donors (Lipinski definition) is 2. The number of H-pyrrole nitrogens is 1. The van der Waals surface area contributed by atoms with Gasteiger partial charge in [-0.25, -0.2) is 4.98 Å². The van der Waals surface area contributed by atoms with Gasteiger partial charge in [0.2, 0.25) is 5.91 Å². The lowest BCUT2D eigenvalue weighted by Gasteiger charge is -2.24. The molecule has 2 rings (SSSR count). The SMILES string of the molecule is CCC(C)(C)NC(=O)CSC(C)c1nc2ccccc2[nH]1. The van der Waals surface area contributed by atoms with E-state index in [4.69, 9.17) is 0 Å². The minimum Gasteiger partial charge on any atom is -0.351 e. The average molecular weight is 305 g/mol. The lowest BCUT2D eigenvalue weighted by atomic mass is 10.0. The Hall–Kier alpha value is -1.49. The number of aromatic nitrogens is 2. The molecule has 0 saturated heterocycles. The molecule has 1 aromatic carbocycles. The number of carbonyl (C=O) groups excluding carboxylic acids is 1. The van der Waals surface area contributed by atoms with Crippen molar-refractivity contribution in [1.82, 2.24) is 15.3 Å². The van der Waals surface area contributed by atoms with E-state index in [-0.39, 0.29) is 16.7 Å². The second-order valence-corrected chi connectivity index (χ2v) is 7.21. The van der Waals surface area contributed by atoms with Crippen LogP contribution in [0.15, 0.2) is 24.3 Å². The molecule has 0 saturated carbocycles. The number of rotatable bonds is 6. The molecule has 0 aliphatic rings. The molecule has 0 aliphatic heterocycles. The predicted molar refractivity (Wildman–Crippen MR) is 89.5 cm³/mol. The van der Waals surface area contributed by atoms with Gasteiger partial charge in [-0.05, 0) is 39.3 Å². The number of imidazole rings is 1. The summed E-state index contributed by atoms with van der Waals surface area (Å²) in [5.74, 6) is 1.44. The van der Waals surface area contributed by atoms with Crippen molar-refractivity contribution in [2.45, 2.75) is 44.9 Å². The normalized spacial score (nSPS) is 13.3. The summed E-state index contributed by atoms with van der Waals surface area (Å²) in [4.78, 5) is 19.9. The predicted octanol–water partition coefficient (Wildman–Crippen LogP) is 3.66. The number of nitrogens with one attached hydrogen (secondary N) is 2. The molecular weight excluding hydrogens is 282 g/mol. The first kappa shape index (κ1) is 15.9. The summed E-state index contributed by atoms with van der Waals surface area (Å²) in [6, 6.07) is 7.97. The zero-order chi connectivity index (χ0) is 15.5. The zero-order valence-electron chi connectivity index (χ0n) is 13.1. The van der Waals surface area contributed by atoms with E-state index in [1.807, 2.05) is 38.1 Å². The number of nitrogens with zero attached hydrogens (tertiary/aromatic N) is 1. The molecule has 2 aromatic rings. The molecule has 4 nitrogen and oxygen atoms in total. The molecule has 1 aromatic heterocycles. The second kappa shape index (κ2) is 6.52. The van der Waals surface area contributed by atoms with E-state index in [2.05, 4.69) is 29.1 Å². The highest BCUT2D eigenvalue weighted by atomic mass is 32.2. The number of carbonyl (C=O) groups is 1. The molecule has 1 heterocycles. The number of fused-ring (bicyclic) bond motifs is 1. The molecule has 1 amide bonds. The number of amides is 1. The minimum atomic E-state index is -0.139. The van der Waals surface area contributed by atoms with Crippen molar-refractivity contribution < 1.29 is 4.79 Å². The van der Waals surface area contributed by atoms with Crippen molar-refractivity contribution >= 4 is 28.7 Å². The number of hydrogen-bond acceptors (Lipinski definition) is 3. The minimum absolute atomic E-state index is 0.0785. The Labute approximate surface area is 130 Å². The Morgan fingerprint density at radius 2 is 2.14 bits per heavy atom. The summed E-state index contributed by atoms with van der Waals surface area (Å²) < 4.78 is 0. The van der Waals surface area contributed by atoms with Crippen molar-refractivity contribution in [3.63, 3.8) is 0 Å². The van der Waals surface area contributed by atoms with Gasteiger partial charge in [0.15, 0.2) is 0 Å². The van der Waals surface area contributed by atoms with E-state index in [1.165, 1.54) is 0 Å². The van der Waals surface area contributed by atoms with E-state index in [0.717, 1.165) is 23.3 Å². The summed E-state index contributed by atoms with van der Waals surface area (Å²) in [6.45, 7) is 8.22. The van der Waals surface area contributed by atoms with Gasteiger partial charge in [0, 0.05) is 5.54 Å². The molecular formula is C16H23N3OS.